The van der Waals surface area contributed by atoms with Crippen molar-refractivity contribution in [3.63, 3.8) is 0 Å². The predicted molar refractivity (Wildman–Crippen MR) is 114 cm³/mol. The molecule has 4 nitrogen and oxygen atoms in total. The number of benzene rings is 1. The number of pyridine rings is 1. The molecule has 8 heteroatoms. The summed E-state index contributed by atoms with van der Waals surface area (Å²) in [6.45, 7) is 0. The van der Waals surface area contributed by atoms with Crippen molar-refractivity contribution in [1.82, 2.24) is 14.0 Å². The van der Waals surface area contributed by atoms with Gasteiger partial charge in [-0.2, -0.15) is 13.2 Å². The van der Waals surface area contributed by atoms with Crippen LogP contribution in [0.3, 0.4) is 0 Å². The van der Waals surface area contributed by atoms with Crippen molar-refractivity contribution < 1.29 is 18.3 Å². The minimum atomic E-state index is -4.31. The van der Waals surface area contributed by atoms with Crippen LogP contribution in [-0.4, -0.2) is 31.3 Å². The van der Waals surface area contributed by atoms with Crippen LogP contribution in [0.4, 0.5) is 13.2 Å². The number of aromatic nitrogens is 3. The lowest BCUT2D eigenvalue weighted by molar-refractivity contribution is -0.127. The van der Waals surface area contributed by atoms with E-state index in [0.29, 0.717) is 16.7 Å². The Kier molecular flexibility index (Phi) is 4.98. The van der Waals surface area contributed by atoms with Gasteiger partial charge < -0.3 is 14.1 Å². The highest BCUT2D eigenvalue weighted by molar-refractivity contribution is 6.36. The summed E-state index contributed by atoms with van der Waals surface area (Å²) < 4.78 is 42.1. The second kappa shape index (κ2) is 7.57. The Morgan fingerprint density at radius 1 is 1.06 bits per heavy atom. The molecule has 4 aromatic rings. The summed E-state index contributed by atoms with van der Waals surface area (Å²) in [6, 6.07) is 10.2. The summed E-state index contributed by atoms with van der Waals surface area (Å²) in [5.41, 5.74) is 3.11. The number of aliphatic hydroxyl groups is 1. The fraction of sp³-hybridized carbons (Fsp3) is 0.348. The average Bonchev–Trinajstić information content (AvgIpc) is 3.32. The molecule has 1 aromatic carbocycles. The van der Waals surface area contributed by atoms with Crippen molar-refractivity contribution in [2.24, 2.45) is 0 Å². The first-order chi connectivity index (χ1) is 14.8. The van der Waals surface area contributed by atoms with Crippen molar-refractivity contribution in [3.8, 4) is 11.1 Å². The number of hydrogen-bond donors (Lipinski definition) is 1. The topological polar surface area (TPSA) is 42.5 Å². The number of hydrogen-bond acceptors (Lipinski definition) is 2. The Morgan fingerprint density at radius 2 is 1.84 bits per heavy atom. The summed E-state index contributed by atoms with van der Waals surface area (Å²) in [5.74, 6) is 0. The normalized spacial score (nSPS) is 20.0. The minimum Gasteiger partial charge on any atom is -0.393 e. The maximum atomic E-state index is 12.8. The molecule has 31 heavy (non-hydrogen) atoms. The Labute approximate surface area is 181 Å². The molecule has 1 saturated carbocycles. The van der Waals surface area contributed by atoms with E-state index in [1.54, 1.807) is 12.3 Å². The molecule has 0 unspecified atom stereocenters. The zero-order chi connectivity index (χ0) is 21.8. The van der Waals surface area contributed by atoms with Crippen LogP contribution in [0.25, 0.3) is 27.7 Å². The maximum Gasteiger partial charge on any atom is 0.394 e. The van der Waals surface area contributed by atoms with E-state index in [4.69, 9.17) is 11.6 Å². The van der Waals surface area contributed by atoms with E-state index in [1.165, 1.54) is 10.6 Å². The molecule has 5 rings (SSSR count). The van der Waals surface area contributed by atoms with E-state index in [2.05, 4.69) is 27.9 Å². The summed E-state index contributed by atoms with van der Waals surface area (Å²) in [7, 11) is 0. The Balaban J connectivity index is 1.50. The molecule has 3 heterocycles. The van der Waals surface area contributed by atoms with Gasteiger partial charge in [-0.05, 0) is 55.5 Å². The van der Waals surface area contributed by atoms with Crippen LogP contribution in [0, 0.1) is 0 Å². The van der Waals surface area contributed by atoms with Gasteiger partial charge in [-0.3, -0.25) is 0 Å². The predicted octanol–water partition coefficient (Wildman–Crippen LogP) is 6.19. The molecule has 0 saturated heterocycles. The third kappa shape index (κ3) is 3.81. The molecular weight excluding hydrogens is 427 g/mol. The van der Waals surface area contributed by atoms with Crippen molar-refractivity contribution >= 4 is 28.2 Å². The van der Waals surface area contributed by atoms with Gasteiger partial charge in [-0.1, -0.05) is 17.7 Å². The fourth-order valence-corrected chi connectivity index (χ4v) is 4.93. The van der Waals surface area contributed by atoms with E-state index in [-0.39, 0.29) is 11.8 Å². The lowest BCUT2D eigenvalue weighted by Gasteiger charge is -2.27. The highest BCUT2D eigenvalue weighted by atomic mass is 35.5. The summed E-state index contributed by atoms with van der Waals surface area (Å²) >= 11 is 6.56. The van der Waals surface area contributed by atoms with E-state index >= 15 is 0 Å². The lowest BCUT2D eigenvalue weighted by Crippen LogP contribution is -2.20. The number of rotatable bonds is 3. The molecule has 0 bridgehead atoms. The molecule has 0 aliphatic heterocycles. The third-order valence-corrected chi connectivity index (χ3v) is 6.54. The Bertz CT molecular complexity index is 1250. The van der Waals surface area contributed by atoms with E-state index in [9.17, 15) is 18.3 Å². The standard InChI is InChI=1S/C23H21ClF3N3O/c24-21-19(8-10-30-17(12-23(25,26)27)13-28-22(21)30)14-1-6-20-15(11-14)7-9-29(20)16-2-4-18(31)5-3-16/h1,6-11,13,16,18,31H,2-5,12H2. The molecule has 3 aromatic heterocycles. The van der Waals surface area contributed by atoms with E-state index < -0.39 is 12.6 Å². The zero-order valence-corrected chi connectivity index (χ0v) is 17.4. The van der Waals surface area contributed by atoms with Crippen molar-refractivity contribution in [1.29, 1.82) is 0 Å². The van der Waals surface area contributed by atoms with Crippen LogP contribution in [0.5, 0.6) is 0 Å². The summed E-state index contributed by atoms with van der Waals surface area (Å²) in [6.07, 6.45) is 2.89. The van der Waals surface area contributed by atoms with Crippen LogP contribution in [0.15, 0.2) is 48.9 Å². The van der Waals surface area contributed by atoms with Crippen LogP contribution < -0.4 is 0 Å². The van der Waals surface area contributed by atoms with E-state index in [1.807, 2.05) is 12.1 Å². The first kappa shape index (κ1) is 20.4. The fourth-order valence-electron chi connectivity index (χ4n) is 4.61. The number of alkyl halides is 3. The highest BCUT2D eigenvalue weighted by Gasteiger charge is 2.29. The second-order valence-corrected chi connectivity index (χ2v) is 8.62. The Hall–Kier alpha value is -2.51. The highest BCUT2D eigenvalue weighted by Crippen LogP contribution is 2.36. The van der Waals surface area contributed by atoms with Gasteiger partial charge in [0.1, 0.15) is 0 Å². The molecule has 1 N–H and O–H groups in total. The zero-order valence-electron chi connectivity index (χ0n) is 16.6. The van der Waals surface area contributed by atoms with Crippen LogP contribution in [0.2, 0.25) is 5.02 Å². The number of aliphatic hydroxyl groups excluding tert-OH is 1. The Morgan fingerprint density at radius 3 is 2.58 bits per heavy atom. The number of halogens is 4. The average molecular weight is 448 g/mol. The third-order valence-electron chi connectivity index (χ3n) is 6.17. The van der Waals surface area contributed by atoms with Crippen molar-refractivity contribution in [2.45, 2.75) is 50.4 Å². The van der Waals surface area contributed by atoms with Gasteiger partial charge in [-0.15, -0.1) is 0 Å². The first-order valence-electron chi connectivity index (χ1n) is 10.3. The number of fused-ring (bicyclic) bond motifs is 2. The van der Waals surface area contributed by atoms with Gasteiger partial charge in [0, 0.05) is 41.1 Å². The smallest absolute Gasteiger partial charge is 0.393 e. The molecule has 1 aliphatic rings. The van der Waals surface area contributed by atoms with E-state index in [0.717, 1.165) is 47.7 Å². The number of nitrogens with zero attached hydrogens (tertiary/aromatic N) is 3. The van der Waals surface area contributed by atoms with Gasteiger partial charge in [0.25, 0.3) is 0 Å². The van der Waals surface area contributed by atoms with Gasteiger partial charge in [0.2, 0.25) is 0 Å². The molecule has 0 atom stereocenters. The molecular formula is C23H21ClF3N3O. The monoisotopic (exact) mass is 447 g/mol. The SMILES string of the molecule is OC1CCC(n2ccc3cc(-c4ccn5c(CC(F)(F)F)cnc5c4Cl)ccc32)CC1. The van der Waals surface area contributed by atoms with Gasteiger partial charge >= 0.3 is 6.18 Å². The first-order valence-corrected chi connectivity index (χ1v) is 10.7. The number of imidazole rings is 1. The van der Waals surface area contributed by atoms with Crippen LogP contribution in [0.1, 0.15) is 37.4 Å². The minimum absolute atomic E-state index is 0.0566. The molecule has 0 spiro atoms. The second-order valence-electron chi connectivity index (χ2n) is 8.24. The molecule has 1 fully saturated rings. The van der Waals surface area contributed by atoms with Gasteiger partial charge in [0.05, 0.1) is 23.2 Å². The maximum absolute atomic E-state index is 12.8. The quantitative estimate of drug-likeness (QED) is 0.407. The largest absolute Gasteiger partial charge is 0.394 e. The van der Waals surface area contributed by atoms with Crippen LogP contribution in [-0.2, 0) is 6.42 Å². The molecule has 0 radical (unpaired) electrons. The van der Waals surface area contributed by atoms with Crippen molar-refractivity contribution in [3.05, 3.63) is 59.6 Å². The molecule has 0 amide bonds. The van der Waals surface area contributed by atoms with Crippen LogP contribution >= 0.6 is 11.6 Å². The van der Waals surface area contributed by atoms with Crippen molar-refractivity contribution in [2.75, 3.05) is 0 Å². The molecule has 1 aliphatic carbocycles. The summed E-state index contributed by atoms with van der Waals surface area (Å²) in [5, 5.41) is 11.2. The van der Waals surface area contributed by atoms with Gasteiger partial charge in [0.15, 0.2) is 5.65 Å². The van der Waals surface area contributed by atoms with Gasteiger partial charge in [-0.25, -0.2) is 4.98 Å². The molecule has 162 valence electrons. The lowest BCUT2D eigenvalue weighted by atomic mass is 9.93. The summed E-state index contributed by atoms with van der Waals surface area (Å²) in [4.78, 5) is 4.13.